The molecule has 1 fully saturated rings. The number of phenolic OH excluding ortho intramolecular Hbond substituents is 1. The lowest BCUT2D eigenvalue weighted by atomic mass is 9.98. The van der Waals surface area contributed by atoms with Crippen molar-refractivity contribution in [3.63, 3.8) is 0 Å². The van der Waals surface area contributed by atoms with E-state index in [1.807, 2.05) is 0 Å². The van der Waals surface area contributed by atoms with E-state index in [0.29, 0.717) is 29.8 Å². The molecule has 0 saturated heterocycles. The zero-order chi connectivity index (χ0) is 13.8. The average molecular weight is 347 g/mol. The number of amides is 1. The highest BCUT2D eigenvalue weighted by Gasteiger charge is 2.26. The molecule has 0 aromatic heterocycles. The first-order valence-corrected chi connectivity index (χ1v) is 7.77. The van der Waals surface area contributed by atoms with Crippen LogP contribution in [0.5, 0.6) is 5.75 Å². The quantitative estimate of drug-likeness (QED) is 0.819. The predicted molar refractivity (Wildman–Crippen MR) is 79.7 cm³/mol. The SMILES string of the molecule is O=C(NCC1CCCC1CCl)c1cc(Br)ccc1O. The number of nitrogens with one attached hydrogen (secondary N) is 1. The summed E-state index contributed by atoms with van der Waals surface area (Å²) in [5.41, 5.74) is 0.301. The number of halogens is 2. The van der Waals surface area contributed by atoms with Crippen LogP contribution in [-0.2, 0) is 0 Å². The van der Waals surface area contributed by atoms with E-state index in [1.165, 1.54) is 12.5 Å². The Kier molecular flexibility index (Phi) is 5.11. The van der Waals surface area contributed by atoms with Gasteiger partial charge in [0.25, 0.3) is 5.91 Å². The lowest BCUT2D eigenvalue weighted by Crippen LogP contribution is -2.31. The first kappa shape index (κ1) is 14.7. The van der Waals surface area contributed by atoms with Crippen molar-refractivity contribution in [2.24, 2.45) is 11.8 Å². The Bertz CT molecular complexity index is 467. The third-order valence-electron chi connectivity index (χ3n) is 3.74. The molecule has 1 amide bonds. The first-order valence-electron chi connectivity index (χ1n) is 6.44. The summed E-state index contributed by atoms with van der Waals surface area (Å²) >= 11 is 9.22. The zero-order valence-corrected chi connectivity index (χ0v) is 12.9. The number of phenols is 1. The molecule has 0 radical (unpaired) electrons. The topological polar surface area (TPSA) is 49.3 Å². The summed E-state index contributed by atoms with van der Waals surface area (Å²) in [7, 11) is 0. The fourth-order valence-corrected chi connectivity index (χ4v) is 3.36. The van der Waals surface area contributed by atoms with E-state index in [-0.39, 0.29) is 11.7 Å². The molecule has 1 aromatic carbocycles. The molecule has 5 heteroatoms. The maximum Gasteiger partial charge on any atom is 0.255 e. The first-order chi connectivity index (χ1) is 9.11. The van der Waals surface area contributed by atoms with Gasteiger partial charge >= 0.3 is 0 Å². The largest absolute Gasteiger partial charge is 0.507 e. The molecule has 2 unspecified atom stereocenters. The predicted octanol–water partition coefficient (Wildman–Crippen LogP) is 3.54. The van der Waals surface area contributed by atoms with Gasteiger partial charge in [-0.15, -0.1) is 11.6 Å². The smallest absolute Gasteiger partial charge is 0.255 e. The van der Waals surface area contributed by atoms with Crippen LogP contribution in [0.3, 0.4) is 0 Å². The average Bonchev–Trinajstić information content (AvgIpc) is 2.86. The van der Waals surface area contributed by atoms with Gasteiger partial charge in [0.2, 0.25) is 0 Å². The van der Waals surface area contributed by atoms with E-state index in [9.17, 15) is 9.90 Å². The number of hydrogen-bond donors (Lipinski definition) is 2. The Morgan fingerprint density at radius 3 is 2.89 bits per heavy atom. The van der Waals surface area contributed by atoms with Crippen LogP contribution in [0.2, 0.25) is 0 Å². The monoisotopic (exact) mass is 345 g/mol. The Balaban J connectivity index is 1.96. The lowest BCUT2D eigenvalue weighted by Gasteiger charge is -2.17. The minimum atomic E-state index is -0.237. The maximum atomic E-state index is 12.0. The molecular weight excluding hydrogens is 330 g/mol. The van der Waals surface area contributed by atoms with Gasteiger partial charge in [-0.2, -0.15) is 0 Å². The van der Waals surface area contributed by atoms with Crippen molar-refractivity contribution in [3.8, 4) is 5.75 Å². The molecule has 2 rings (SSSR count). The molecule has 1 aromatic rings. The van der Waals surface area contributed by atoms with Crippen molar-refractivity contribution >= 4 is 33.4 Å². The normalized spacial score (nSPS) is 22.4. The fraction of sp³-hybridized carbons (Fsp3) is 0.500. The number of alkyl halides is 1. The Morgan fingerprint density at radius 2 is 2.16 bits per heavy atom. The van der Waals surface area contributed by atoms with E-state index in [1.54, 1.807) is 12.1 Å². The van der Waals surface area contributed by atoms with Crippen molar-refractivity contribution in [2.75, 3.05) is 12.4 Å². The van der Waals surface area contributed by atoms with E-state index in [4.69, 9.17) is 11.6 Å². The van der Waals surface area contributed by atoms with Crippen molar-refractivity contribution in [1.82, 2.24) is 5.32 Å². The maximum absolute atomic E-state index is 12.0. The van der Waals surface area contributed by atoms with Crippen molar-refractivity contribution in [3.05, 3.63) is 28.2 Å². The summed E-state index contributed by atoms with van der Waals surface area (Å²) in [6, 6.07) is 4.83. The van der Waals surface area contributed by atoms with Crippen LogP contribution in [-0.4, -0.2) is 23.4 Å². The molecule has 3 nitrogen and oxygen atoms in total. The molecule has 2 atom stereocenters. The van der Waals surface area contributed by atoms with Gasteiger partial charge in [0.1, 0.15) is 5.75 Å². The number of carbonyl (C=O) groups is 1. The highest BCUT2D eigenvalue weighted by atomic mass is 79.9. The summed E-state index contributed by atoms with van der Waals surface area (Å²) in [5, 5.41) is 12.6. The Hall–Kier alpha value is -0.740. The summed E-state index contributed by atoms with van der Waals surface area (Å²) in [4.78, 5) is 12.0. The summed E-state index contributed by atoms with van der Waals surface area (Å²) in [6.45, 7) is 0.627. The van der Waals surface area contributed by atoms with E-state index >= 15 is 0 Å². The molecule has 104 valence electrons. The number of aromatic hydroxyl groups is 1. The van der Waals surface area contributed by atoms with Crippen LogP contribution in [0.1, 0.15) is 29.6 Å². The van der Waals surface area contributed by atoms with Crippen LogP contribution in [0, 0.1) is 11.8 Å². The van der Waals surface area contributed by atoms with Gasteiger partial charge in [-0.05, 0) is 42.9 Å². The molecule has 1 saturated carbocycles. The molecular formula is C14H17BrClNO2. The lowest BCUT2D eigenvalue weighted by molar-refractivity contribution is 0.0942. The zero-order valence-electron chi connectivity index (χ0n) is 10.5. The summed E-state index contributed by atoms with van der Waals surface area (Å²) < 4.78 is 0.773. The van der Waals surface area contributed by atoms with Gasteiger partial charge in [-0.3, -0.25) is 4.79 Å². The molecule has 0 aliphatic heterocycles. The standard InChI is InChI=1S/C14H17BrClNO2/c15-11-4-5-13(18)12(6-11)14(19)17-8-10-3-1-2-9(10)7-16/h4-6,9-10,18H,1-3,7-8H2,(H,17,19). The molecule has 0 heterocycles. The number of benzene rings is 1. The van der Waals surface area contributed by atoms with E-state index in [0.717, 1.165) is 17.3 Å². The van der Waals surface area contributed by atoms with Crippen molar-refractivity contribution in [2.45, 2.75) is 19.3 Å². The van der Waals surface area contributed by atoms with E-state index in [2.05, 4.69) is 21.2 Å². The number of rotatable bonds is 4. The van der Waals surface area contributed by atoms with Gasteiger partial charge in [0, 0.05) is 16.9 Å². The minimum Gasteiger partial charge on any atom is -0.507 e. The van der Waals surface area contributed by atoms with Gasteiger partial charge < -0.3 is 10.4 Å². The second-order valence-corrected chi connectivity index (χ2v) is 6.20. The summed E-state index contributed by atoms with van der Waals surface area (Å²) in [6.07, 6.45) is 3.44. The van der Waals surface area contributed by atoms with Crippen molar-refractivity contribution < 1.29 is 9.90 Å². The Labute approximate surface area is 126 Å². The second kappa shape index (κ2) is 6.62. The van der Waals surface area contributed by atoms with Crippen LogP contribution in [0.4, 0.5) is 0 Å². The number of hydrogen-bond acceptors (Lipinski definition) is 2. The molecule has 1 aliphatic carbocycles. The molecule has 1 aliphatic rings. The molecule has 2 N–H and O–H groups in total. The summed E-state index contributed by atoms with van der Waals surface area (Å²) in [5.74, 6) is 1.37. The molecule has 0 bridgehead atoms. The number of carbonyl (C=O) groups excluding carboxylic acids is 1. The second-order valence-electron chi connectivity index (χ2n) is 4.98. The third-order valence-corrected chi connectivity index (χ3v) is 4.63. The van der Waals surface area contributed by atoms with Crippen LogP contribution < -0.4 is 5.32 Å². The molecule has 19 heavy (non-hydrogen) atoms. The van der Waals surface area contributed by atoms with Gasteiger partial charge in [0.05, 0.1) is 5.56 Å². The molecule has 0 spiro atoms. The van der Waals surface area contributed by atoms with Crippen LogP contribution in [0.15, 0.2) is 22.7 Å². The Morgan fingerprint density at radius 1 is 1.42 bits per heavy atom. The highest BCUT2D eigenvalue weighted by molar-refractivity contribution is 9.10. The fourth-order valence-electron chi connectivity index (χ4n) is 2.59. The van der Waals surface area contributed by atoms with Gasteiger partial charge in [-0.1, -0.05) is 22.4 Å². The van der Waals surface area contributed by atoms with Gasteiger partial charge in [0.15, 0.2) is 0 Å². The minimum absolute atomic E-state index is 0.000940. The third kappa shape index (κ3) is 3.63. The van der Waals surface area contributed by atoms with Crippen LogP contribution >= 0.6 is 27.5 Å². The van der Waals surface area contributed by atoms with Crippen molar-refractivity contribution in [1.29, 1.82) is 0 Å². The van der Waals surface area contributed by atoms with E-state index < -0.39 is 0 Å². The van der Waals surface area contributed by atoms with Gasteiger partial charge in [-0.25, -0.2) is 0 Å². The highest BCUT2D eigenvalue weighted by Crippen LogP contribution is 2.32. The van der Waals surface area contributed by atoms with Crippen LogP contribution in [0.25, 0.3) is 0 Å².